The van der Waals surface area contributed by atoms with Crippen LogP contribution in [0.2, 0.25) is 0 Å². The Morgan fingerprint density at radius 3 is 2.48 bits per heavy atom. The van der Waals surface area contributed by atoms with Gasteiger partial charge in [-0.2, -0.15) is 5.10 Å². The van der Waals surface area contributed by atoms with E-state index in [1.807, 2.05) is 10.9 Å². The molecule has 1 aliphatic heterocycles. The molecule has 23 heavy (non-hydrogen) atoms. The van der Waals surface area contributed by atoms with Crippen LogP contribution in [0.1, 0.15) is 37.8 Å². The van der Waals surface area contributed by atoms with Gasteiger partial charge >= 0.3 is 0 Å². The highest BCUT2D eigenvalue weighted by atomic mass is 35.5. The molecular weight excluding hydrogens is 308 g/mol. The van der Waals surface area contributed by atoms with Crippen LogP contribution in [0.15, 0.2) is 42.7 Å². The van der Waals surface area contributed by atoms with Crippen molar-refractivity contribution in [3.63, 3.8) is 0 Å². The van der Waals surface area contributed by atoms with Gasteiger partial charge in [-0.05, 0) is 26.3 Å². The number of hydrogen-bond donors (Lipinski definition) is 1. The molecule has 0 unspecified atom stereocenters. The van der Waals surface area contributed by atoms with Crippen molar-refractivity contribution < 1.29 is 0 Å². The van der Waals surface area contributed by atoms with Crippen LogP contribution in [0.25, 0.3) is 0 Å². The molecule has 3 rings (SSSR count). The quantitative estimate of drug-likeness (QED) is 0.938. The predicted octanol–water partition coefficient (Wildman–Crippen LogP) is 2.99. The molecule has 0 saturated carbocycles. The molecule has 0 amide bonds. The highest BCUT2D eigenvalue weighted by Gasteiger charge is 2.31. The molecule has 1 fully saturated rings. The number of halogens is 1. The Bertz CT molecular complexity index is 617. The first-order valence-corrected chi connectivity index (χ1v) is 8.00. The first-order chi connectivity index (χ1) is 10.4. The first kappa shape index (κ1) is 18.0. The van der Waals surface area contributed by atoms with Crippen molar-refractivity contribution in [3.05, 3.63) is 53.9 Å². The normalized spacial score (nSPS) is 22.1. The van der Waals surface area contributed by atoms with Gasteiger partial charge in [0.15, 0.2) is 0 Å². The van der Waals surface area contributed by atoms with E-state index in [-0.39, 0.29) is 24.0 Å². The molecule has 1 aliphatic rings. The van der Waals surface area contributed by atoms with Gasteiger partial charge in [0.1, 0.15) is 0 Å². The van der Waals surface area contributed by atoms with E-state index in [1.54, 1.807) is 0 Å². The number of nitrogens with two attached hydrogens (primary N) is 1. The molecule has 2 aromatic rings. The summed E-state index contributed by atoms with van der Waals surface area (Å²) in [6.45, 7) is 9.39. The maximum Gasteiger partial charge on any atom is 0.0543 e. The van der Waals surface area contributed by atoms with Crippen LogP contribution in [0.3, 0.4) is 0 Å². The number of aromatic nitrogens is 2. The van der Waals surface area contributed by atoms with E-state index in [9.17, 15) is 0 Å². The molecular formula is C18H27ClN4. The fourth-order valence-electron chi connectivity index (χ4n) is 3.16. The average Bonchev–Trinajstić information content (AvgIpc) is 3.07. The van der Waals surface area contributed by atoms with Gasteiger partial charge in [0.25, 0.3) is 0 Å². The first-order valence-electron chi connectivity index (χ1n) is 8.00. The van der Waals surface area contributed by atoms with Crippen LogP contribution in [0, 0.1) is 0 Å². The molecule has 2 atom stereocenters. The third-order valence-corrected chi connectivity index (χ3v) is 4.40. The summed E-state index contributed by atoms with van der Waals surface area (Å²) >= 11 is 0. The zero-order valence-corrected chi connectivity index (χ0v) is 15.0. The highest BCUT2D eigenvalue weighted by Crippen LogP contribution is 2.27. The van der Waals surface area contributed by atoms with Crippen LogP contribution < -0.4 is 5.73 Å². The van der Waals surface area contributed by atoms with E-state index in [0.717, 1.165) is 19.6 Å². The van der Waals surface area contributed by atoms with Gasteiger partial charge < -0.3 is 5.73 Å². The van der Waals surface area contributed by atoms with Crippen molar-refractivity contribution >= 4 is 12.4 Å². The van der Waals surface area contributed by atoms with Gasteiger partial charge in [0, 0.05) is 43.4 Å². The summed E-state index contributed by atoms with van der Waals surface area (Å²) in [6, 6.07) is 10.8. The zero-order chi connectivity index (χ0) is 15.7. The Balaban J connectivity index is 0.00000192. The van der Waals surface area contributed by atoms with Gasteiger partial charge in [-0.1, -0.05) is 30.3 Å². The van der Waals surface area contributed by atoms with Crippen LogP contribution in [0.5, 0.6) is 0 Å². The van der Waals surface area contributed by atoms with Crippen molar-refractivity contribution in [3.8, 4) is 0 Å². The van der Waals surface area contributed by atoms with E-state index in [2.05, 4.69) is 67.3 Å². The topological polar surface area (TPSA) is 47.1 Å². The van der Waals surface area contributed by atoms with E-state index >= 15 is 0 Å². The number of benzene rings is 1. The van der Waals surface area contributed by atoms with Crippen molar-refractivity contribution in [2.45, 2.75) is 44.8 Å². The molecule has 2 N–H and O–H groups in total. The molecule has 0 bridgehead atoms. The van der Waals surface area contributed by atoms with Crippen molar-refractivity contribution in [1.29, 1.82) is 0 Å². The Kier molecular flexibility index (Phi) is 5.50. The van der Waals surface area contributed by atoms with Gasteiger partial charge in [-0.3, -0.25) is 9.58 Å². The second-order valence-electron chi connectivity index (χ2n) is 7.34. The van der Waals surface area contributed by atoms with Crippen LogP contribution in [0.4, 0.5) is 0 Å². The van der Waals surface area contributed by atoms with Crippen LogP contribution >= 0.6 is 12.4 Å². The highest BCUT2D eigenvalue weighted by molar-refractivity contribution is 5.85. The molecule has 126 valence electrons. The number of hydrogen-bond acceptors (Lipinski definition) is 3. The summed E-state index contributed by atoms with van der Waals surface area (Å²) in [4.78, 5) is 2.44. The van der Waals surface area contributed by atoms with Crippen molar-refractivity contribution in [2.75, 3.05) is 13.1 Å². The summed E-state index contributed by atoms with van der Waals surface area (Å²) in [7, 11) is 0. The van der Waals surface area contributed by atoms with Gasteiger partial charge in [0.05, 0.1) is 11.7 Å². The summed E-state index contributed by atoms with van der Waals surface area (Å²) in [5, 5.41) is 4.48. The van der Waals surface area contributed by atoms with Gasteiger partial charge in [-0.25, -0.2) is 0 Å². The predicted molar refractivity (Wildman–Crippen MR) is 96.9 cm³/mol. The summed E-state index contributed by atoms with van der Waals surface area (Å²) < 4.78 is 2.03. The second kappa shape index (κ2) is 7.04. The van der Waals surface area contributed by atoms with Crippen molar-refractivity contribution in [1.82, 2.24) is 14.7 Å². The maximum absolute atomic E-state index is 6.37. The molecule has 2 heterocycles. The monoisotopic (exact) mass is 334 g/mol. The zero-order valence-electron chi connectivity index (χ0n) is 14.1. The summed E-state index contributed by atoms with van der Waals surface area (Å²) in [6.07, 6.45) is 4.13. The largest absolute Gasteiger partial charge is 0.326 e. The fourth-order valence-corrected chi connectivity index (χ4v) is 3.16. The molecule has 0 aliphatic carbocycles. The Morgan fingerprint density at radius 1 is 1.17 bits per heavy atom. The molecule has 1 aromatic heterocycles. The molecule has 0 radical (unpaired) electrons. The minimum Gasteiger partial charge on any atom is -0.326 e. The lowest BCUT2D eigenvalue weighted by molar-refractivity contribution is 0.322. The molecule has 1 saturated heterocycles. The smallest absolute Gasteiger partial charge is 0.0543 e. The number of nitrogens with zero attached hydrogens (tertiary/aromatic N) is 3. The molecule has 4 nitrogen and oxygen atoms in total. The van der Waals surface area contributed by atoms with Gasteiger partial charge in [0.2, 0.25) is 0 Å². The second-order valence-corrected chi connectivity index (χ2v) is 7.34. The van der Waals surface area contributed by atoms with Gasteiger partial charge in [-0.15, -0.1) is 12.4 Å². The average molecular weight is 335 g/mol. The molecule has 0 spiro atoms. The minimum absolute atomic E-state index is 0. The maximum atomic E-state index is 6.37. The lowest BCUT2D eigenvalue weighted by Crippen LogP contribution is -2.28. The molecule has 5 heteroatoms. The third kappa shape index (κ3) is 4.14. The Labute approximate surface area is 145 Å². The van der Waals surface area contributed by atoms with Crippen LogP contribution in [-0.2, 0) is 12.1 Å². The Morgan fingerprint density at radius 2 is 1.87 bits per heavy atom. The van der Waals surface area contributed by atoms with E-state index in [0.29, 0.717) is 5.92 Å². The molecule has 1 aromatic carbocycles. The fraction of sp³-hybridized carbons (Fsp3) is 0.500. The number of rotatable bonds is 3. The standard InChI is InChI=1S/C18H26N4.ClH/c1-18(2,3)22-11-14(9-20-22)10-21-12-16(17(19)13-21)15-7-5-4-6-8-15;/h4-9,11,16-17H,10,12-13,19H2,1-3H3;1H/t16-,17+;/m0./s1. The van der Waals surface area contributed by atoms with E-state index in [4.69, 9.17) is 5.73 Å². The Hall–Kier alpha value is -1.36. The van der Waals surface area contributed by atoms with Crippen LogP contribution in [-0.4, -0.2) is 33.8 Å². The summed E-state index contributed by atoms with van der Waals surface area (Å²) in [5.74, 6) is 0.430. The summed E-state index contributed by atoms with van der Waals surface area (Å²) in [5.41, 5.74) is 9.01. The van der Waals surface area contributed by atoms with E-state index < -0.39 is 0 Å². The number of likely N-dealkylation sites (tertiary alicyclic amines) is 1. The van der Waals surface area contributed by atoms with E-state index in [1.165, 1.54) is 11.1 Å². The minimum atomic E-state index is 0. The lowest BCUT2D eigenvalue weighted by Gasteiger charge is -2.19. The lowest BCUT2D eigenvalue weighted by atomic mass is 9.95. The third-order valence-electron chi connectivity index (χ3n) is 4.40. The van der Waals surface area contributed by atoms with Crippen molar-refractivity contribution in [2.24, 2.45) is 5.73 Å². The SMILES string of the molecule is CC(C)(C)n1cc(CN2C[C@@H](N)[C@H](c3ccccc3)C2)cn1.Cl.